The number of benzene rings is 2. The van der Waals surface area contributed by atoms with Gasteiger partial charge in [0.15, 0.2) is 0 Å². The first-order chi connectivity index (χ1) is 14.9. The molecule has 0 aliphatic rings. The van der Waals surface area contributed by atoms with Crippen molar-refractivity contribution in [3.8, 4) is 11.5 Å². The summed E-state index contributed by atoms with van der Waals surface area (Å²) in [6.07, 6.45) is -3.15. The summed E-state index contributed by atoms with van der Waals surface area (Å²) in [6, 6.07) is 19.0. The van der Waals surface area contributed by atoms with Crippen LogP contribution in [0.1, 0.15) is 21.5 Å². The molecule has 0 unspecified atom stereocenters. The van der Waals surface area contributed by atoms with Gasteiger partial charge in [0.25, 0.3) is 5.91 Å². The van der Waals surface area contributed by atoms with E-state index in [1.54, 1.807) is 18.2 Å². The molecule has 0 saturated heterocycles. The molecule has 4 rings (SSSR count). The van der Waals surface area contributed by atoms with Crippen LogP contribution in [-0.4, -0.2) is 25.7 Å². The summed E-state index contributed by atoms with van der Waals surface area (Å²) < 4.78 is 41.2. The van der Waals surface area contributed by atoms with E-state index in [9.17, 15) is 18.0 Å². The van der Waals surface area contributed by atoms with E-state index in [-0.39, 0.29) is 11.8 Å². The van der Waals surface area contributed by atoms with Gasteiger partial charge in [-0.3, -0.25) is 9.78 Å². The third-order valence-electron chi connectivity index (χ3n) is 4.45. The molecule has 2 aromatic heterocycles. The molecule has 0 amide bonds. The lowest BCUT2D eigenvalue weighted by atomic mass is 10.1. The van der Waals surface area contributed by atoms with Gasteiger partial charge in [-0.05, 0) is 29.8 Å². The lowest BCUT2D eigenvalue weighted by molar-refractivity contribution is -0.137. The summed E-state index contributed by atoms with van der Waals surface area (Å²) in [6.45, 7) is 0.301. The van der Waals surface area contributed by atoms with Gasteiger partial charge in [0.05, 0.1) is 11.1 Å². The minimum absolute atomic E-state index is 0.0199. The topological polar surface area (TPSA) is 72.7 Å². The van der Waals surface area contributed by atoms with Crippen LogP contribution in [0.3, 0.4) is 0 Å². The van der Waals surface area contributed by atoms with E-state index >= 15 is 0 Å². The van der Waals surface area contributed by atoms with E-state index < -0.39 is 23.2 Å². The molecular weight excluding hydrogens is 407 g/mol. The third-order valence-corrected chi connectivity index (χ3v) is 4.45. The van der Waals surface area contributed by atoms with Crippen LogP contribution < -0.4 is 5.32 Å². The molecule has 31 heavy (non-hydrogen) atoms. The Morgan fingerprint density at radius 1 is 0.935 bits per heavy atom. The molecule has 0 bridgehead atoms. The van der Waals surface area contributed by atoms with Gasteiger partial charge in [-0.2, -0.15) is 22.8 Å². The van der Waals surface area contributed by atoms with E-state index in [1.165, 1.54) is 18.3 Å². The number of hydrogen-bond acceptors (Lipinski definition) is 5. The largest absolute Gasteiger partial charge is 0.417 e. The van der Waals surface area contributed by atoms with Crippen LogP contribution in [0.25, 0.3) is 11.5 Å². The fourth-order valence-corrected chi connectivity index (χ4v) is 2.98. The first kappa shape index (κ1) is 20.3. The summed E-state index contributed by atoms with van der Waals surface area (Å²) in [7, 11) is 0. The molecule has 6 nitrogen and oxygen atoms in total. The average molecular weight is 423 g/mol. The summed E-state index contributed by atoms with van der Waals surface area (Å²) >= 11 is 0. The molecule has 0 fully saturated rings. The third kappa shape index (κ3) is 4.45. The molecule has 0 saturated carbocycles. The second-order valence-electron chi connectivity index (χ2n) is 6.57. The van der Waals surface area contributed by atoms with Crippen molar-refractivity contribution in [1.29, 1.82) is 0 Å². The van der Waals surface area contributed by atoms with Gasteiger partial charge in [0.1, 0.15) is 5.69 Å². The van der Waals surface area contributed by atoms with Crippen molar-refractivity contribution in [2.75, 3.05) is 5.32 Å². The first-order valence-corrected chi connectivity index (χ1v) is 9.30. The summed E-state index contributed by atoms with van der Waals surface area (Å²) in [5, 5.41) is 7.14. The molecular formula is C22H16F3N5O. The highest BCUT2D eigenvalue weighted by Gasteiger charge is 2.36. The highest BCUT2D eigenvalue weighted by atomic mass is 19.4. The zero-order chi connectivity index (χ0) is 21.8. The van der Waals surface area contributed by atoms with Crippen molar-refractivity contribution >= 4 is 11.9 Å². The van der Waals surface area contributed by atoms with Gasteiger partial charge >= 0.3 is 6.18 Å². The van der Waals surface area contributed by atoms with Gasteiger partial charge in [-0.1, -0.05) is 48.5 Å². The molecule has 0 atom stereocenters. The Balaban J connectivity index is 1.75. The molecule has 0 radical (unpaired) electrons. The number of alkyl halides is 3. The number of anilines is 1. The quantitative estimate of drug-likeness (QED) is 0.506. The first-order valence-electron chi connectivity index (χ1n) is 9.30. The number of nitrogens with one attached hydrogen (secondary N) is 1. The molecule has 0 aliphatic heterocycles. The number of halogens is 3. The van der Waals surface area contributed by atoms with Crippen LogP contribution in [0.15, 0.2) is 79.0 Å². The van der Waals surface area contributed by atoms with E-state index in [0.717, 1.165) is 22.4 Å². The van der Waals surface area contributed by atoms with Gasteiger partial charge in [-0.25, -0.2) is 0 Å². The minimum Gasteiger partial charge on any atom is -0.350 e. The van der Waals surface area contributed by atoms with Crippen LogP contribution in [0, 0.1) is 0 Å². The number of carbonyl (C=O) groups excluding carboxylic acids is 1. The van der Waals surface area contributed by atoms with Crippen LogP contribution in [0.2, 0.25) is 0 Å². The van der Waals surface area contributed by atoms with Crippen molar-refractivity contribution < 1.29 is 18.0 Å². The smallest absolute Gasteiger partial charge is 0.350 e. The Kier molecular flexibility index (Phi) is 5.48. The fraction of sp³-hybridized carbons (Fsp3) is 0.0909. The van der Waals surface area contributed by atoms with Crippen molar-refractivity contribution in [3.05, 3.63) is 95.7 Å². The molecule has 0 aliphatic carbocycles. The molecule has 156 valence electrons. The van der Waals surface area contributed by atoms with Crippen molar-refractivity contribution in [3.63, 3.8) is 0 Å². The fourth-order valence-electron chi connectivity index (χ4n) is 2.98. The standard InChI is InChI=1S/C22H16F3N5O/c23-22(24,25)17-11-5-4-10-16(17)20(31)30-21(27-14-15-8-2-1-3-9-15)28-19(29-30)18-12-6-7-13-26-18/h1-13H,14H2,(H,27,28,29). The number of pyridine rings is 1. The second-order valence-corrected chi connectivity index (χ2v) is 6.57. The van der Waals surface area contributed by atoms with E-state index in [1.807, 2.05) is 30.3 Å². The maximum absolute atomic E-state index is 13.4. The molecule has 2 heterocycles. The SMILES string of the molecule is O=C(c1ccccc1C(F)(F)F)n1nc(-c2ccccn2)nc1NCc1ccccc1. The zero-order valence-electron chi connectivity index (χ0n) is 16.0. The lowest BCUT2D eigenvalue weighted by Crippen LogP contribution is -2.21. The summed E-state index contributed by atoms with van der Waals surface area (Å²) in [4.78, 5) is 21.6. The Hall–Kier alpha value is -4.01. The summed E-state index contributed by atoms with van der Waals surface area (Å²) in [5.41, 5.74) is -0.264. The molecule has 2 aromatic carbocycles. The number of nitrogens with zero attached hydrogens (tertiary/aromatic N) is 4. The second kappa shape index (κ2) is 8.39. The Bertz CT molecular complexity index is 1190. The van der Waals surface area contributed by atoms with Crippen molar-refractivity contribution in [2.45, 2.75) is 12.7 Å². The number of carbonyl (C=O) groups is 1. The number of aromatic nitrogens is 4. The van der Waals surface area contributed by atoms with Crippen LogP contribution in [0.4, 0.5) is 19.1 Å². The predicted molar refractivity (Wildman–Crippen MR) is 108 cm³/mol. The molecule has 1 N–H and O–H groups in total. The molecule has 0 spiro atoms. The molecule has 4 aromatic rings. The normalized spacial score (nSPS) is 11.3. The van der Waals surface area contributed by atoms with Crippen LogP contribution >= 0.6 is 0 Å². The Morgan fingerprint density at radius 3 is 2.35 bits per heavy atom. The maximum atomic E-state index is 13.4. The Morgan fingerprint density at radius 2 is 1.65 bits per heavy atom. The zero-order valence-corrected chi connectivity index (χ0v) is 16.0. The summed E-state index contributed by atoms with van der Waals surface area (Å²) in [5.74, 6) is -0.807. The highest BCUT2D eigenvalue weighted by Crippen LogP contribution is 2.32. The Labute approximate surface area is 175 Å². The number of hydrogen-bond donors (Lipinski definition) is 1. The van der Waals surface area contributed by atoms with E-state index in [4.69, 9.17) is 0 Å². The monoisotopic (exact) mass is 423 g/mol. The van der Waals surface area contributed by atoms with E-state index in [2.05, 4.69) is 20.4 Å². The van der Waals surface area contributed by atoms with Crippen LogP contribution in [-0.2, 0) is 12.7 Å². The van der Waals surface area contributed by atoms with Gasteiger partial charge in [0, 0.05) is 12.7 Å². The van der Waals surface area contributed by atoms with Crippen LogP contribution in [0.5, 0.6) is 0 Å². The predicted octanol–water partition coefficient (Wildman–Crippen LogP) is 4.66. The molecule has 9 heteroatoms. The van der Waals surface area contributed by atoms with Crippen molar-refractivity contribution in [1.82, 2.24) is 19.7 Å². The van der Waals surface area contributed by atoms with E-state index in [0.29, 0.717) is 12.2 Å². The highest BCUT2D eigenvalue weighted by molar-refractivity contribution is 5.98. The minimum atomic E-state index is -4.69. The van der Waals surface area contributed by atoms with Crippen molar-refractivity contribution in [2.24, 2.45) is 0 Å². The van der Waals surface area contributed by atoms with Gasteiger partial charge < -0.3 is 5.32 Å². The van der Waals surface area contributed by atoms with Gasteiger partial charge in [0.2, 0.25) is 11.8 Å². The maximum Gasteiger partial charge on any atom is 0.417 e. The van der Waals surface area contributed by atoms with Gasteiger partial charge in [-0.15, -0.1) is 5.10 Å². The number of rotatable bonds is 5. The average Bonchev–Trinajstić information content (AvgIpc) is 3.22. The lowest BCUT2D eigenvalue weighted by Gasteiger charge is -2.12.